The minimum Gasteiger partial charge on any atom is -0.492 e. The molecule has 162 valence electrons. The van der Waals surface area contributed by atoms with Gasteiger partial charge >= 0.3 is 0 Å². The predicted molar refractivity (Wildman–Crippen MR) is 118 cm³/mol. The Kier molecular flexibility index (Phi) is 8.98. The van der Waals surface area contributed by atoms with E-state index >= 15 is 0 Å². The Morgan fingerprint density at radius 3 is 2.48 bits per heavy atom. The summed E-state index contributed by atoms with van der Waals surface area (Å²) in [6.45, 7) is 13.0. The monoisotopic (exact) mass is 422 g/mol. The molecule has 0 bridgehead atoms. The molecule has 0 atom stereocenters. The first-order valence-electron chi connectivity index (χ1n) is 10.1. The molecule has 0 spiro atoms. The van der Waals surface area contributed by atoms with E-state index in [9.17, 15) is 8.42 Å². The highest BCUT2D eigenvalue weighted by molar-refractivity contribution is 7.90. The summed E-state index contributed by atoms with van der Waals surface area (Å²) in [6, 6.07) is 6.86. The molecule has 0 aliphatic carbocycles. The van der Waals surface area contributed by atoms with Crippen molar-refractivity contribution >= 4 is 15.8 Å². The van der Waals surface area contributed by atoms with Gasteiger partial charge in [-0.3, -0.25) is 4.90 Å². The van der Waals surface area contributed by atoms with Gasteiger partial charge in [0.05, 0.1) is 11.4 Å². The van der Waals surface area contributed by atoms with Gasteiger partial charge in [-0.1, -0.05) is 12.2 Å². The molecule has 7 nitrogen and oxygen atoms in total. The Morgan fingerprint density at radius 2 is 1.93 bits per heavy atom. The van der Waals surface area contributed by atoms with Crippen LogP contribution in [0, 0.1) is 0 Å². The lowest BCUT2D eigenvalue weighted by molar-refractivity contribution is 0.221. The molecular formula is C21H34N4O3S. The quantitative estimate of drug-likeness (QED) is 0.274. The first-order chi connectivity index (χ1) is 13.8. The summed E-state index contributed by atoms with van der Waals surface area (Å²) in [6.07, 6.45) is 3.36. The number of nitrogens with zero attached hydrogens (tertiary/aromatic N) is 2. The van der Waals surface area contributed by atoms with Crippen LogP contribution in [-0.2, 0) is 9.84 Å². The number of hydrogen-bond acceptors (Lipinski definition) is 5. The van der Waals surface area contributed by atoms with Gasteiger partial charge in [-0.15, -0.1) is 0 Å². The third-order valence-electron chi connectivity index (χ3n) is 4.65. The maximum absolute atomic E-state index is 11.5. The van der Waals surface area contributed by atoms with Gasteiger partial charge in [0, 0.05) is 38.5 Å². The van der Waals surface area contributed by atoms with Crippen LogP contribution >= 0.6 is 0 Å². The van der Waals surface area contributed by atoms with Gasteiger partial charge in [-0.25, -0.2) is 13.4 Å². The van der Waals surface area contributed by atoms with E-state index in [2.05, 4.69) is 34.0 Å². The highest BCUT2D eigenvalue weighted by Gasteiger charge is 2.19. The molecule has 1 aromatic rings. The van der Waals surface area contributed by atoms with Crippen LogP contribution in [0.5, 0.6) is 5.75 Å². The van der Waals surface area contributed by atoms with Gasteiger partial charge < -0.3 is 15.4 Å². The van der Waals surface area contributed by atoms with Crippen LogP contribution in [0.1, 0.15) is 26.7 Å². The van der Waals surface area contributed by atoms with Crippen molar-refractivity contribution in [3.05, 3.63) is 36.4 Å². The van der Waals surface area contributed by atoms with Crippen LogP contribution < -0.4 is 15.4 Å². The highest BCUT2D eigenvalue weighted by Crippen LogP contribution is 2.15. The summed E-state index contributed by atoms with van der Waals surface area (Å²) < 4.78 is 28.7. The summed E-state index contributed by atoms with van der Waals surface area (Å²) in [5.41, 5.74) is 1.21. The number of ether oxygens (including phenoxy) is 1. The zero-order valence-electron chi connectivity index (χ0n) is 17.8. The summed E-state index contributed by atoms with van der Waals surface area (Å²) in [5.74, 6) is 1.44. The molecule has 1 aromatic carbocycles. The number of nitrogens with one attached hydrogen (secondary N) is 2. The molecule has 1 aliphatic rings. The molecule has 1 heterocycles. The number of piperidine rings is 1. The zero-order chi connectivity index (χ0) is 21.3. The van der Waals surface area contributed by atoms with Crippen LogP contribution in [-0.4, -0.2) is 70.9 Å². The number of aliphatic imine (C=N–C) groups is 1. The van der Waals surface area contributed by atoms with Gasteiger partial charge in [0.1, 0.15) is 12.4 Å². The Morgan fingerprint density at radius 1 is 1.28 bits per heavy atom. The van der Waals surface area contributed by atoms with E-state index in [1.54, 1.807) is 24.3 Å². The molecule has 0 aromatic heterocycles. The van der Waals surface area contributed by atoms with Crippen molar-refractivity contribution in [2.45, 2.75) is 37.6 Å². The Balaban J connectivity index is 1.78. The van der Waals surface area contributed by atoms with Gasteiger partial charge in [-0.2, -0.15) is 0 Å². The fourth-order valence-electron chi connectivity index (χ4n) is 3.23. The van der Waals surface area contributed by atoms with Gasteiger partial charge in [0.25, 0.3) is 0 Å². The van der Waals surface area contributed by atoms with E-state index in [0.717, 1.165) is 45.0 Å². The van der Waals surface area contributed by atoms with E-state index in [4.69, 9.17) is 4.74 Å². The van der Waals surface area contributed by atoms with E-state index < -0.39 is 9.84 Å². The number of sulfone groups is 1. The van der Waals surface area contributed by atoms with Crippen molar-refractivity contribution in [2.24, 2.45) is 4.99 Å². The Labute approximate surface area is 175 Å². The number of hydrogen-bond donors (Lipinski definition) is 2. The second-order valence-corrected chi connectivity index (χ2v) is 9.52. The first-order valence-corrected chi connectivity index (χ1v) is 12.0. The summed E-state index contributed by atoms with van der Waals surface area (Å²) in [4.78, 5) is 7.32. The molecule has 1 aliphatic heterocycles. The van der Waals surface area contributed by atoms with Gasteiger partial charge in [0.2, 0.25) is 0 Å². The third-order valence-corrected chi connectivity index (χ3v) is 5.78. The Hall–Kier alpha value is -2.06. The SMILES string of the molecule is C=C(C)CN1CCC(NC(=NCCOc2ccc(S(C)(=O)=O)cc2)NCC)CC1. The van der Waals surface area contributed by atoms with Crippen molar-refractivity contribution in [2.75, 3.05) is 45.6 Å². The summed E-state index contributed by atoms with van der Waals surface area (Å²) >= 11 is 0. The second kappa shape index (κ2) is 11.2. The number of guanidine groups is 1. The average molecular weight is 423 g/mol. The van der Waals surface area contributed by atoms with Gasteiger partial charge in [0.15, 0.2) is 15.8 Å². The topological polar surface area (TPSA) is 83.0 Å². The highest BCUT2D eigenvalue weighted by atomic mass is 32.2. The molecule has 1 fully saturated rings. The van der Waals surface area contributed by atoms with E-state index in [-0.39, 0.29) is 4.90 Å². The van der Waals surface area contributed by atoms with Crippen molar-refractivity contribution in [1.29, 1.82) is 0 Å². The minimum absolute atomic E-state index is 0.288. The zero-order valence-corrected chi connectivity index (χ0v) is 18.6. The van der Waals surface area contributed by atoms with Crippen molar-refractivity contribution in [1.82, 2.24) is 15.5 Å². The largest absolute Gasteiger partial charge is 0.492 e. The lowest BCUT2D eigenvalue weighted by Gasteiger charge is -2.33. The number of rotatable bonds is 9. The van der Waals surface area contributed by atoms with E-state index in [1.165, 1.54) is 11.8 Å². The first kappa shape index (κ1) is 23.2. The van der Waals surface area contributed by atoms with Crippen LogP contribution in [0.4, 0.5) is 0 Å². The minimum atomic E-state index is -3.19. The van der Waals surface area contributed by atoms with E-state index in [1.807, 2.05) is 6.92 Å². The maximum atomic E-state index is 11.5. The average Bonchev–Trinajstić information content (AvgIpc) is 2.66. The molecular weight excluding hydrogens is 388 g/mol. The fourth-order valence-corrected chi connectivity index (χ4v) is 3.86. The second-order valence-electron chi connectivity index (χ2n) is 7.50. The third kappa shape index (κ3) is 8.45. The van der Waals surface area contributed by atoms with Crippen molar-refractivity contribution in [3.8, 4) is 5.75 Å². The molecule has 0 saturated carbocycles. The molecule has 0 unspecified atom stereocenters. The van der Waals surface area contributed by atoms with Crippen LogP contribution in [0.3, 0.4) is 0 Å². The summed E-state index contributed by atoms with van der Waals surface area (Å²) in [7, 11) is -3.19. The molecule has 2 rings (SSSR count). The lowest BCUT2D eigenvalue weighted by atomic mass is 10.0. The molecule has 2 N–H and O–H groups in total. The van der Waals surface area contributed by atoms with Crippen LogP contribution in [0.15, 0.2) is 46.3 Å². The van der Waals surface area contributed by atoms with Crippen molar-refractivity contribution < 1.29 is 13.2 Å². The normalized spacial score (nSPS) is 16.4. The van der Waals surface area contributed by atoms with Gasteiger partial charge in [-0.05, 0) is 51.0 Å². The molecule has 0 amide bonds. The molecule has 1 saturated heterocycles. The molecule has 8 heteroatoms. The predicted octanol–water partition coefficient (Wildman–Crippen LogP) is 2.06. The van der Waals surface area contributed by atoms with Crippen LogP contribution in [0.25, 0.3) is 0 Å². The smallest absolute Gasteiger partial charge is 0.191 e. The lowest BCUT2D eigenvalue weighted by Crippen LogP contribution is -2.49. The molecule has 29 heavy (non-hydrogen) atoms. The Bertz CT molecular complexity index is 783. The van der Waals surface area contributed by atoms with Crippen molar-refractivity contribution in [3.63, 3.8) is 0 Å². The fraction of sp³-hybridized carbons (Fsp3) is 0.571. The standard InChI is InChI=1S/C21H34N4O3S/c1-5-22-21(24-18-10-13-25(14-11-18)16-17(2)3)23-12-15-28-19-6-8-20(9-7-19)29(4,26)27/h6-9,18H,2,5,10-16H2,1,3-4H3,(H2,22,23,24). The maximum Gasteiger partial charge on any atom is 0.191 e. The summed E-state index contributed by atoms with van der Waals surface area (Å²) in [5, 5.41) is 6.81. The van der Waals surface area contributed by atoms with Crippen LogP contribution in [0.2, 0.25) is 0 Å². The van der Waals surface area contributed by atoms with E-state index in [0.29, 0.717) is 24.9 Å². The molecule has 0 radical (unpaired) electrons. The number of benzene rings is 1. The number of likely N-dealkylation sites (tertiary alicyclic amines) is 1.